The summed E-state index contributed by atoms with van der Waals surface area (Å²) in [5.41, 5.74) is 1.51. The summed E-state index contributed by atoms with van der Waals surface area (Å²) in [7, 11) is -1.53. The molecule has 0 saturated heterocycles. The van der Waals surface area contributed by atoms with Gasteiger partial charge in [0.25, 0.3) is 0 Å². The van der Waals surface area contributed by atoms with E-state index >= 15 is 0 Å². The average Bonchev–Trinajstić information content (AvgIpc) is 2.86. The molecule has 7 heteroatoms. The highest BCUT2D eigenvalue weighted by Gasteiger charge is 2.18. The minimum Gasteiger partial charge on any atom is -0.497 e. The Morgan fingerprint density at radius 3 is 2.48 bits per heavy atom. The second kappa shape index (κ2) is 6.26. The lowest BCUT2D eigenvalue weighted by Crippen LogP contribution is -2.16. The first kappa shape index (κ1) is 15.5. The van der Waals surface area contributed by atoms with Gasteiger partial charge in [-0.1, -0.05) is 17.3 Å². The van der Waals surface area contributed by atoms with Gasteiger partial charge in [0.1, 0.15) is 5.75 Å². The van der Waals surface area contributed by atoms with E-state index < -0.39 is 15.1 Å². The third-order valence-corrected chi connectivity index (χ3v) is 5.29. The molecule has 0 aliphatic heterocycles. The molecule has 0 amide bonds. The first-order valence-corrected chi connectivity index (χ1v) is 8.36. The molecule has 0 atom stereocenters. The summed E-state index contributed by atoms with van der Waals surface area (Å²) in [6.45, 7) is 3.87. The standard InChI is InChI=1S/C14H19N3O3S/c1-11(2)21(18,19)10-13-9-17(16-15-13)8-12-4-6-14(20-3)7-5-12/h4-7,9,11H,8,10H2,1-3H3. The van der Waals surface area contributed by atoms with Crippen molar-refractivity contribution in [2.24, 2.45) is 0 Å². The molecule has 6 nitrogen and oxygen atoms in total. The van der Waals surface area contributed by atoms with Gasteiger partial charge in [-0.25, -0.2) is 13.1 Å². The lowest BCUT2D eigenvalue weighted by molar-refractivity contribution is 0.414. The van der Waals surface area contributed by atoms with Crippen LogP contribution in [0.1, 0.15) is 25.1 Å². The number of sulfone groups is 1. The van der Waals surface area contributed by atoms with E-state index in [1.807, 2.05) is 24.3 Å². The van der Waals surface area contributed by atoms with Crippen LogP contribution >= 0.6 is 0 Å². The second-order valence-corrected chi connectivity index (χ2v) is 7.67. The van der Waals surface area contributed by atoms with Crippen LogP contribution in [0.25, 0.3) is 0 Å². The van der Waals surface area contributed by atoms with Crippen molar-refractivity contribution in [1.29, 1.82) is 0 Å². The van der Waals surface area contributed by atoms with E-state index in [1.165, 1.54) is 0 Å². The third-order valence-electron chi connectivity index (χ3n) is 3.16. The maximum atomic E-state index is 11.8. The predicted molar refractivity (Wildman–Crippen MR) is 79.9 cm³/mol. The molecule has 1 heterocycles. The number of aromatic nitrogens is 3. The number of hydrogen-bond donors (Lipinski definition) is 0. The van der Waals surface area contributed by atoms with E-state index in [-0.39, 0.29) is 5.75 Å². The van der Waals surface area contributed by atoms with Crippen LogP contribution in [0.5, 0.6) is 5.75 Å². The summed E-state index contributed by atoms with van der Waals surface area (Å²) >= 11 is 0. The van der Waals surface area contributed by atoms with Gasteiger partial charge in [0.2, 0.25) is 0 Å². The zero-order valence-corrected chi connectivity index (χ0v) is 13.2. The molecule has 21 heavy (non-hydrogen) atoms. The van der Waals surface area contributed by atoms with Gasteiger partial charge in [0.15, 0.2) is 9.84 Å². The van der Waals surface area contributed by atoms with Crippen molar-refractivity contribution >= 4 is 9.84 Å². The molecular weight excluding hydrogens is 290 g/mol. The Morgan fingerprint density at radius 2 is 1.90 bits per heavy atom. The van der Waals surface area contributed by atoms with Crippen LogP contribution < -0.4 is 4.74 Å². The topological polar surface area (TPSA) is 74.1 Å². The van der Waals surface area contributed by atoms with E-state index in [9.17, 15) is 8.42 Å². The van der Waals surface area contributed by atoms with Gasteiger partial charge in [-0.15, -0.1) is 5.10 Å². The van der Waals surface area contributed by atoms with Crippen molar-refractivity contribution in [1.82, 2.24) is 15.0 Å². The van der Waals surface area contributed by atoms with Crippen LogP contribution in [0, 0.1) is 0 Å². The number of hydrogen-bond acceptors (Lipinski definition) is 5. The van der Waals surface area contributed by atoms with Gasteiger partial charge in [-0.05, 0) is 31.5 Å². The van der Waals surface area contributed by atoms with Gasteiger partial charge in [0, 0.05) is 6.20 Å². The van der Waals surface area contributed by atoms with Crippen molar-refractivity contribution < 1.29 is 13.2 Å². The van der Waals surface area contributed by atoms with Crippen molar-refractivity contribution in [3.05, 3.63) is 41.7 Å². The zero-order valence-electron chi connectivity index (χ0n) is 12.4. The fourth-order valence-corrected chi connectivity index (χ4v) is 2.65. The predicted octanol–water partition coefficient (Wildman–Crippen LogP) is 1.66. The van der Waals surface area contributed by atoms with Crippen LogP contribution in [0.15, 0.2) is 30.5 Å². The quantitative estimate of drug-likeness (QED) is 0.811. The van der Waals surface area contributed by atoms with Crippen LogP contribution in [0.2, 0.25) is 0 Å². The van der Waals surface area contributed by atoms with Crippen LogP contribution in [-0.4, -0.2) is 35.8 Å². The maximum absolute atomic E-state index is 11.8. The van der Waals surface area contributed by atoms with E-state index in [0.717, 1.165) is 11.3 Å². The number of benzene rings is 1. The van der Waals surface area contributed by atoms with Crippen LogP contribution in [0.3, 0.4) is 0 Å². The summed E-state index contributed by atoms with van der Waals surface area (Å²) in [6, 6.07) is 7.61. The Labute approximate surface area is 124 Å². The first-order valence-electron chi connectivity index (χ1n) is 6.64. The molecule has 1 aromatic carbocycles. The van der Waals surface area contributed by atoms with Gasteiger partial charge >= 0.3 is 0 Å². The molecule has 0 aliphatic carbocycles. The Balaban J connectivity index is 2.06. The summed E-state index contributed by atoms with van der Waals surface area (Å²) in [5, 5.41) is 7.48. The lowest BCUT2D eigenvalue weighted by atomic mass is 10.2. The summed E-state index contributed by atoms with van der Waals surface area (Å²) in [6.07, 6.45) is 1.67. The number of rotatable bonds is 6. The SMILES string of the molecule is COc1ccc(Cn2cc(CS(=O)(=O)C(C)C)nn2)cc1. The minimum atomic E-state index is -3.15. The molecule has 0 N–H and O–H groups in total. The average molecular weight is 309 g/mol. The molecule has 0 aliphatic rings. The number of methoxy groups -OCH3 is 1. The smallest absolute Gasteiger partial charge is 0.158 e. The van der Waals surface area contributed by atoms with Crippen molar-refractivity contribution in [2.75, 3.05) is 7.11 Å². The van der Waals surface area contributed by atoms with Crippen molar-refractivity contribution in [3.63, 3.8) is 0 Å². The number of nitrogens with zero attached hydrogens (tertiary/aromatic N) is 3. The Bertz CT molecular complexity index is 691. The van der Waals surface area contributed by atoms with Crippen LogP contribution in [-0.2, 0) is 22.1 Å². The molecule has 0 spiro atoms. The Kier molecular flexibility index (Phi) is 4.62. The molecule has 0 fully saturated rings. The lowest BCUT2D eigenvalue weighted by Gasteiger charge is -2.04. The van der Waals surface area contributed by atoms with Gasteiger partial charge < -0.3 is 4.74 Å². The number of ether oxygens (including phenoxy) is 1. The van der Waals surface area contributed by atoms with Crippen molar-refractivity contribution in [3.8, 4) is 5.75 Å². The Hall–Kier alpha value is -1.89. The fraction of sp³-hybridized carbons (Fsp3) is 0.429. The van der Waals surface area contributed by atoms with Gasteiger partial charge in [0.05, 0.1) is 30.4 Å². The van der Waals surface area contributed by atoms with E-state index in [1.54, 1.807) is 31.8 Å². The normalized spacial score (nSPS) is 11.8. The van der Waals surface area contributed by atoms with Crippen molar-refractivity contribution in [2.45, 2.75) is 31.4 Å². The van der Waals surface area contributed by atoms with Gasteiger partial charge in [-0.3, -0.25) is 0 Å². The molecule has 2 aromatic rings. The van der Waals surface area contributed by atoms with E-state index in [2.05, 4.69) is 10.3 Å². The highest BCUT2D eigenvalue weighted by molar-refractivity contribution is 7.91. The molecule has 2 rings (SSSR count). The molecule has 114 valence electrons. The summed E-state index contributed by atoms with van der Waals surface area (Å²) in [5.74, 6) is 0.717. The summed E-state index contributed by atoms with van der Waals surface area (Å²) in [4.78, 5) is 0. The van der Waals surface area contributed by atoms with E-state index in [4.69, 9.17) is 4.74 Å². The third kappa shape index (κ3) is 4.04. The molecule has 0 unspecified atom stereocenters. The fourth-order valence-electron chi connectivity index (χ4n) is 1.77. The molecular formula is C14H19N3O3S. The van der Waals surface area contributed by atoms with E-state index in [0.29, 0.717) is 12.2 Å². The van der Waals surface area contributed by atoms with Crippen LogP contribution in [0.4, 0.5) is 0 Å². The molecule has 0 saturated carbocycles. The second-order valence-electron chi connectivity index (χ2n) is 5.11. The Morgan fingerprint density at radius 1 is 1.24 bits per heavy atom. The molecule has 0 bridgehead atoms. The minimum absolute atomic E-state index is 0.0761. The van der Waals surface area contributed by atoms with Gasteiger partial charge in [-0.2, -0.15) is 0 Å². The summed E-state index contributed by atoms with van der Waals surface area (Å²) < 4.78 is 30.4. The highest BCUT2D eigenvalue weighted by atomic mass is 32.2. The first-order chi connectivity index (χ1) is 9.90. The molecule has 1 aromatic heterocycles. The monoisotopic (exact) mass is 309 g/mol. The highest BCUT2D eigenvalue weighted by Crippen LogP contribution is 2.13. The zero-order chi connectivity index (χ0) is 15.5. The largest absolute Gasteiger partial charge is 0.497 e. The maximum Gasteiger partial charge on any atom is 0.158 e. The molecule has 0 radical (unpaired) electrons.